The van der Waals surface area contributed by atoms with Crippen molar-refractivity contribution in [3.05, 3.63) is 69.4 Å². The molecule has 0 radical (unpaired) electrons. The standard InChI is InChI=1S/C19H21ClN4O3S/c1-12(2)18-13(3)23(4)24(19(18)25)15-5-7-16(8-6-15)28(26,27)22-14-9-10-21-17(20)11-14/h5-12H,1-4H3,(H,21,22). The Morgan fingerprint density at radius 1 is 1.14 bits per heavy atom. The molecule has 0 fully saturated rings. The summed E-state index contributed by atoms with van der Waals surface area (Å²) in [4.78, 5) is 16.7. The zero-order valence-corrected chi connectivity index (χ0v) is 17.5. The van der Waals surface area contributed by atoms with Gasteiger partial charge in [-0.05, 0) is 49.2 Å². The van der Waals surface area contributed by atoms with E-state index in [1.165, 1.54) is 35.1 Å². The summed E-state index contributed by atoms with van der Waals surface area (Å²) >= 11 is 5.79. The van der Waals surface area contributed by atoms with Gasteiger partial charge in [-0.2, -0.15) is 0 Å². The molecule has 3 aromatic rings. The maximum Gasteiger partial charge on any atom is 0.275 e. The SMILES string of the molecule is Cc1c(C(C)C)c(=O)n(-c2ccc(S(=O)(=O)Nc3ccnc(Cl)c3)cc2)n1C. The zero-order valence-electron chi connectivity index (χ0n) is 16.0. The van der Waals surface area contributed by atoms with E-state index in [2.05, 4.69) is 9.71 Å². The second kappa shape index (κ2) is 7.44. The lowest BCUT2D eigenvalue weighted by atomic mass is 10.0. The van der Waals surface area contributed by atoms with Crippen LogP contribution in [0.2, 0.25) is 5.15 Å². The van der Waals surface area contributed by atoms with Crippen LogP contribution < -0.4 is 10.3 Å². The van der Waals surface area contributed by atoms with Crippen molar-refractivity contribution in [3.8, 4) is 5.69 Å². The summed E-state index contributed by atoms with van der Waals surface area (Å²) in [5, 5.41) is 0.190. The van der Waals surface area contributed by atoms with E-state index in [1.54, 1.807) is 16.8 Å². The summed E-state index contributed by atoms with van der Waals surface area (Å²) < 4.78 is 31.0. The maximum atomic E-state index is 12.8. The minimum atomic E-state index is -3.80. The molecule has 0 unspecified atom stereocenters. The lowest BCUT2D eigenvalue weighted by molar-refractivity contribution is 0.601. The Hall–Kier alpha value is -2.58. The Kier molecular flexibility index (Phi) is 5.36. The van der Waals surface area contributed by atoms with E-state index in [9.17, 15) is 13.2 Å². The zero-order chi connectivity index (χ0) is 20.6. The highest BCUT2D eigenvalue weighted by Gasteiger charge is 2.19. The van der Waals surface area contributed by atoms with E-state index in [-0.39, 0.29) is 21.5 Å². The molecular formula is C19H21ClN4O3S. The third kappa shape index (κ3) is 3.70. The average Bonchev–Trinajstić information content (AvgIpc) is 2.84. The van der Waals surface area contributed by atoms with E-state index in [0.717, 1.165) is 11.3 Å². The fourth-order valence-corrected chi connectivity index (χ4v) is 4.35. The number of anilines is 1. The summed E-state index contributed by atoms with van der Waals surface area (Å²) in [5.41, 5.74) is 2.44. The van der Waals surface area contributed by atoms with E-state index in [1.807, 2.05) is 27.8 Å². The van der Waals surface area contributed by atoms with Gasteiger partial charge in [-0.1, -0.05) is 25.4 Å². The van der Waals surface area contributed by atoms with Crippen LogP contribution in [0, 0.1) is 6.92 Å². The number of pyridine rings is 1. The largest absolute Gasteiger partial charge is 0.285 e. The predicted molar refractivity (Wildman–Crippen MR) is 110 cm³/mol. The fourth-order valence-electron chi connectivity index (χ4n) is 3.13. The second-order valence-electron chi connectivity index (χ2n) is 6.76. The first-order valence-electron chi connectivity index (χ1n) is 8.65. The normalized spacial score (nSPS) is 11.8. The van der Waals surface area contributed by atoms with Gasteiger partial charge in [0.15, 0.2) is 0 Å². The van der Waals surface area contributed by atoms with Crippen molar-refractivity contribution in [1.82, 2.24) is 14.3 Å². The summed E-state index contributed by atoms with van der Waals surface area (Å²) in [7, 11) is -1.99. The van der Waals surface area contributed by atoms with Crippen molar-refractivity contribution in [3.63, 3.8) is 0 Å². The van der Waals surface area contributed by atoms with Gasteiger partial charge < -0.3 is 0 Å². The topological polar surface area (TPSA) is 86.0 Å². The molecule has 148 valence electrons. The number of nitrogens with zero attached hydrogens (tertiary/aromatic N) is 3. The number of rotatable bonds is 5. The van der Waals surface area contributed by atoms with Crippen molar-refractivity contribution in [2.45, 2.75) is 31.6 Å². The lowest BCUT2D eigenvalue weighted by Gasteiger charge is -2.11. The summed E-state index contributed by atoms with van der Waals surface area (Å²) in [5.74, 6) is 0.0935. The first-order valence-corrected chi connectivity index (χ1v) is 10.5. The Morgan fingerprint density at radius 2 is 1.79 bits per heavy atom. The third-order valence-corrected chi connectivity index (χ3v) is 6.15. The van der Waals surface area contributed by atoms with Crippen molar-refractivity contribution in [2.24, 2.45) is 7.05 Å². The van der Waals surface area contributed by atoms with Gasteiger partial charge in [-0.25, -0.2) is 18.1 Å². The Balaban J connectivity index is 1.96. The van der Waals surface area contributed by atoms with Crippen molar-refractivity contribution < 1.29 is 8.42 Å². The maximum absolute atomic E-state index is 12.8. The van der Waals surface area contributed by atoms with Gasteiger partial charge in [0.05, 0.1) is 16.3 Å². The van der Waals surface area contributed by atoms with E-state index in [0.29, 0.717) is 11.4 Å². The first-order chi connectivity index (χ1) is 13.1. The van der Waals surface area contributed by atoms with Gasteiger partial charge in [-0.3, -0.25) is 14.2 Å². The molecule has 0 bridgehead atoms. The van der Waals surface area contributed by atoms with Crippen molar-refractivity contribution in [1.29, 1.82) is 0 Å². The highest BCUT2D eigenvalue weighted by Crippen LogP contribution is 2.21. The molecule has 0 atom stereocenters. The van der Waals surface area contributed by atoms with E-state index in [4.69, 9.17) is 11.6 Å². The van der Waals surface area contributed by atoms with E-state index >= 15 is 0 Å². The number of hydrogen-bond acceptors (Lipinski definition) is 4. The first kappa shape index (κ1) is 20.2. The molecule has 0 aliphatic carbocycles. The Labute approximate surface area is 168 Å². The molecule has 7 nitrogen and oxygen atoms in total. The van der Waals surface area contributed by atoms with Gasteiger partial charge >= 0.3 is 0 Å². The van der Waals surface area contributed by atoms with Crippen molar-refractivity contribution >= 4 is 27.3 Å². The summed E-state index contributed by atoms with van der Waals surface area (Å²) in [6.07, 6.45) is 1.42. The molecule has 28 heavy (non-hydrogen) atoms. The van der Waals surface area contributed by atoms with Gasteiger partial charge in [-0.15, -0.1) is 0 Å². The van der Waals surface area contributed by atoms with Crippen molar-refractivity contribution in [2.75, 3.05) is 4.72 Å². The molecule has 1 aromatic carbocycles. The minimum Gasteiger partial charge on any atom is -0.285 e. The van der Waals surface area contributed by atoms with Gasteiger partial charge in [0.25, 0.3) is 15.6 Å². The van der Waals surface area contributed by atoms with Crippen LogP contribution in [-0.4, -0.2) is 22.8 Å². The monoisotopic (exact) mass is 420 g/mol. The predicted octanol–water partition coefficient (Wildman–Crippen LogP) is 3.46. The molecule has 0 spiro atoms. The van der Waals surface area contributed by atoms with Gasteiger partial charge in [0.2, 0.25) is 0 Å². The number of nitrogens with one attached hydrogen (secondary N) is 1. The molecular weight excluding hydrogens is 400 g/mol. The molecule has 2 heterocycles. The highest BCUT2D eigenvalue weighted by molar-refractivity contribution is 7.92. The Morgan fingerprint density at radius 3 is 2.32 bits per heavy atom. The van der Waals surface area contributed by atoms with Crippen LogP contribution in [0.25, 0.3) is 5.69 Å². The molecule has 1 N–H and O–H groups in total. The molecule has 0 amide bonds. The molecule has 0 saturated carbocycles. The molecule has 9 heteroatoms. The minimum absolute atomic E-state index is 0.0762. The second-order valence-corrected chi connectivity index (χ2v) is 8.83. The Bertz CT molecular complexity index is 1180. The van der Waals surface area contributed by atoms with Crippen LogP contribution in [0.15, 0.2) is 52.3 Å². The smallest absolute Gasteiger partial charge is 0.275 e. The summed E-state index contributed by atoms with van der Waals surface area (Å²) in [6, 6.07) is 9.08. The molecule has 0 aliphatic heterocycles. The van der Waals surface area contributed by atoms with E-state index < -0.39 is 10.0 Å². The quantitative estimate of drug-likeness (QED) is 0.640. The number of aromatic nitrogens is 3. The highest BCUT2D eigenvalue weighted by atomic mass is 35.5. The number of halogens is 1. The number of sulfonamides is 1. The van der Waals surface area contributed by atoms with Crippen LogP contribution in [-0.2, 0) is 17.1 Å². The fraction of sp³-hybridized carbons (Fsp3) is 0.263. The lowest BCUT2D eigenvalue weighted by Crippen LogP contribution is -2.21. The van der Waals surface area contributed by atoms with Gasteiger partial charge in [0.1, 0.15) is 5.15 Å². The van der Waals surface area contributed by atoms with Gasteiger partial charge in [0, 0.05) is 24.5 Å². The molecule has 3 rings (SSSR count). The van der Waals surface area contributed by atoms with Crippen LogP contribution in [0.1, 0.15) is 31.0 Å². The molecule has 0 saturated heterocycles. The van der Waals surface area contributed by atoms with Crippen LogP contribution in [0.3, 0.4) is 0 Å². The molecule has 0 aliphatic rings. The number of benzene rings is 1. The van der Waals surface area contributed by atoms with Crippen LogP contribution in [0.5, 0.6) is 0 Å². The van der Waals surface area contributed by atoms with Crippen LogP contribution in [0.4, 0.5) is 5.69 Å². The summed E-state index contributed by atoms with van der Waals surface area (Å²) in [6.45, 7) is 5.84. The average molecular weight is 421 g/mol. The molecule has 2 aromatic heterocycles. The third-order valence-electron chi connectivity index (χ3n) is 4.55. The van der Waals surface area contributed by atoms with Crippen LogP contribution >= 0.6 is 11.6 Å². The number of hydrogen-bond donors (Lipinski definition) is 1.